The molecule has 0 aliphatic carbocycles. The first kappa shape index (κ1) is 13.9. The average Bonchev–Trinajstić information content (AvgIpc) is 2.62. The summed E-state index contributed by atoms with van der Waals surface area (Å²) < 4.78 is 6.06. The summed E-state index contributed by atoms with van der Waals surface area (Å²) in [6.07, 6.45) is 0.760. The standard InChI is InChI=1S/C13H15BrN2O3/c1-19-11-7-9(14)3-4-10(11)13(18)16-6-2-5-15-12(17)8-16/h3-4,7H,2,5-6,8H2,1H3,(H,15,17). The summed E-state index contributed by atoms with van der Waals surface area (Å²) in [5.74, 6) is 0.201. The zero-order chi connectivity index (χ0) is 13.8. The Morgan fingerprint density at radius 3 is 3.00 bits per heavy atom. The van der Waals surface area contributed by atoms with Gasteiger partial charge >= 0.3 is 0 Å². The van der Waals surface area contributed by atoms with Crippen molar-refractivity contribution in [2.45, 2.75) is 6.42 Å². The second-order valence-electron chi connectivity index (χ2n) is 4.27. The van der Waals surface area contributed by atoms with Crippen molar-refractivity contribution in [3.8, 4) is 5.75 Å². The number of rotatable bonds is 2. The van der Waals surface area contributed by atoms with Gasteiger partial charge < -0.3 is 15.0 Å². The van der Waals surface area contributed by atoms with Gasteiger partial charge in [0.2, 0.25) is 5.91 Å². The Labute approximate surface area is 120 Å². The van der Waals surface area contributed by atoms with E-state index in [4.69, 9.17) is 4.74 Å². The molecule has 1 saturated heterocycles. The van der Waals surface area contributed by atoms with Crippen LogP contribution in [0.5, 0.6) is 5.75 Å². The number of nitrogens with zero attached hydrogens (tertiary/aromatic N) is 1. The van der Waals surface area contributed by atoms with Gasteiger partial charge in [-0.1, -0.05) is 15.9 Å². The second-order valence-corrected chi connectivity index (χ2v) is 5.19. The van der Waals surface area contributed by atoms with E-state index in [1.807, 2.05) is 0 Å². The molecule has 0 aromatic heterocycles. The van der Waals surface area contributed by atoms with Gasteiger partial charge in [-0.05, 0) is 24.6 Å². The number of nitrogens with one attached hydrogen (secondary N) is 1. The number of halogens is 1. The molecule has 1 N–H and O–H groups in total. The number of carbonyl (C=O) groups is 2. The van der Waals surface area contributed by atoms with Crippen molar-refractivity contribution in [3.63, 3.8) is 0 Å². The highest BCUT2D eigenvalue weighted by Gasteiger charge is 2.23. The van der Waals surface area contributed by atoms with Crippen molar-refractivity contribution < 1.29 is 14.3 Å². The SMILES string of the molecule is COc1cc(Br)ccc1C(=O)N1CCCNC(=O)C1. The molecule has 1 aromatic carbocycles. The Morgan fingerprint density at radius 1 is 1.47 bits per heavy atom. The lowest BCUT2D eigenvalue weighted by atomic mass is 10.1. The van der Waals surface area contributed by atoms with E-state index in [-0.39, 0.29) is 18.4 Å². The lowest BCUT2D eigenvalue weighted by molar-refractivity contribution is -0.121. The zero-order valence-corrected chi connectivity index (χ0v) is 12.2. The van der Waals surface area contributed by atoms with Gasteiger partial charge in [0, 0.05) is 17.6 Å². The van der Waals surface area contributed by atoms with Crippen LogP contribution in [0.15, 0.2) is 22.7 Å². The van der Waals surface area contributed by atoms with Gasteiger partial charge in [-0.15, -0.1) is 0 Å². The van der Waals surface area contributed by atoms with Gasteiger partial charge in [0.1, 0.15) is 5.75 Å². The van der Waals surface area contributed by atoms with Crippen molar-refractivity contribution in [1.82, 2.24) is 10.2 Å². The molecule has 1 aliphatic rings. The van der Waals surface area contributed by atoms with E-state index in [2.05, 4.69) is 21.2 Å². The summed E-state index contributed by atoms with van der Waals surface area (Å²) in [6.45, 7) is 1.27. The number of hydrogen-bond donors (Lipinski definition) is 1. The van der Waals surface area contributed by atoms with E-state index in [1.54, 1.807) is 23.1 Å². The van der Waals surface area contributed by atoms with Crippen LogP contribution in [0.3, 0.4) is 0 Å². The van der Waals surface area contributed by atoms with Crippen LogP contribution in [0.25, 0.3) is 0 Å². The third-order valence-corrected chi connectivity index (χ3v) is 3.44. The van der Waals surface area contributed by atoms with Gasteiger partial charge in [-0.2, -0.15) is 0 Å². The molecule has 102 valence electrons. The number of benzene rings is 1. The molecule has 2 amide bonds. The van der Waals surface area contributed by atoms with Crippen molar-refractivity contribution in [3.05, 3.63) is 28.2 Å². The monoisotopic (exact) mass is 326 g/mol. The van der Waals surface area contributed by atoms with Crippen LogP contribution in [0.4, 0.5) is 0 Å². The fourth-order valence-corrected chi connectivity index (χ4v) is 2.33. The number of hydrogen-bond acceptors (Lipinski definition) is 3. The van der Waals surface area contributed by atoms with Gasteiger partial charge in [0.25, 0.3) is 5.91 Å². The highest BCUT2D eigenvalue weighted by Crippen LogP contribution is 2.24. The van der Waals surface area contributed by atoms with Crippen LogP contribution in [-0.4, -0.2) is 43.5 Å². The Hall–Kier alpha value is -1.56. The van der Waals surface area contributed by atoms with Gasteiger partial charge in [0.15, 0.2) is 0 Å². The second kappa shape index (κ2) is 6.06. The quantitative estimate of drug-likeness (QED) is 0.894. The molecule has 0 saturated carbocycles. The van der Waals surface area contributed by atoms with Crippen molar-refractivity contribution in [2.24, 2.45) is 0 Å². The molecule has 0 radical (unpaired) electrons. The van der Waals surface area contributed by atoms with E-state index in [0.717, 1.165) is 10.9 Å². The molecule has 1 heterocycles. The predicted molar refractivity (Wildman–Crippen MR) is 74.2 cm³/mol. The molecule has 5 nitrogen and oxygen atoms in total. The van der Waals surface area contributed by atoms with Crippen molar-refractivity contribution >= 4 is 27.7 Å². The molecule has 0 atom stereocenters. The van der Waals surface area contributed by atoms with E-state index in [9.17, 15) is 9.59 Å². The van der Waals surface area contributed by atoms with Crippen LogP contribution in [-0.2, 0) is 4.79 Å². The molecule has 1 aliphatic heterocycles. The van der Waals surface area contributed by atoms with E-state index >= 15 is 0 Å². The van der Waals surface area contributed by atoms with Crippen molar-refractivity contribution in [1.29, 1.82) is 0 Å². The first-order valence-electron chi connectivity index (χ1n) is 6.01. The van der Waals surface area contributed by atoms with Crippen LogP contribution >= 0.6 is 15.9 Å². The average molecular weight is 327 g/mol. The summed E-state index contributed by atoms with van der Waals surface area (Å²) in [5, 5.41) is 2.75. The third kappa shape index (κ3) is 3.26. The molecule has 0 spiro atoms. The third-order valence-electron chi connectivity index (χ3n) is 2.94. The number of methoxy groups -OCH3 is 1. The van der Waals surface area contributed by atoms with E-state index in [1.165, 1.54) is 7.11 Å². The predicted octanol–water partition coefficient (Wildman–Crippen LogP) is 1.42. The minimum Gasteiger partial charge on any atom is -0.496 e. The normalized spacial score (nSPS) is 15.7. The van der Waals surface area contributed by atoms with Crippen LogP contribution in [0.2, 0.25) is 0 Å². The van der Waals surface area contributed by atoms with Gasteiger partial charge in [-0.3, -0.25) is 9.59 Å². The summed E-state index contributed by atoms with van der Waals surface area (Å²) >= 11 is 3.34. The molecule has 0 bridgehead atoms. The highest BCUT2D eigenvalue weighted by atomic mass is 79.9. The van der Waals surface area contributed by atoms with Crippen LogP contribution < -0.4 is 10.1 Å². The molecule has 0 unspecified atom stereocenters. The Balaban J connectivity index is 2.25. The van der Waals surface area contributed by atoms with Gasteiger partial charge in [0.05, 0.1) is 19.2 Å². The maximum absolute atomic E-state index is 12.4. The Kier molecular flexibility index (Phi) is 4.42. The first-order valence-corrected chi connectivity index (χ1v) is 6.80. The van der Waals surface area contributed by atoms with Crippen LogP contribution in [0, 0.1) is 0 Å². The highest BCUT2D eigenvalue weighted by molar-refractivity contribution is 9.10. The van der Waals surface area contributed by atoms with Crippen molar-refractivity contribution in [2.75, 3.05) is 26.7 Å². The molecule has 1 aromatic rings. The minimum atomic E-state index is -0.179. The van der Waals surface area contributed by atoms with E-state index in [0.29, 0.717) is 24.4 Å². The lowest BCUT2D eigenvalue weighted by Gasteiger charge is -2.20. The molecular formula is C13H15BrN2O3. The largest absolute Gasteiger partial charge is 0.496 e. The smallest absolute Gasteiger partial charge is 0.258 e. The summed E-state index contributed by atoms with van der Waals surface area (Å²) in [4.78, 5) is 25.5. The topological polar surface area (TPSA) is 58.6 Å². The fourth-order valence-electron chi connectivity index (χ4n) is 1.99. The summed E-state index contributed by atoms with van der Waals surface area (Å²) in [7, 11) is 1.52. The van der Waals surface area contributed by atoms with Crippen LogP contribution in [0.1, 0.15) is 16.8 Å². The number of ether oxygens (including phenoxy) is 1. The fraction of sp³-hybridized carbons (Fsp3) is 0.385. The number of carbonyl (C=O) groups excluding carboxylic acids is 2. The van der Waals surface area contributed by atoms with E-state index < -0.39 is 0 Å². The number of amides is 2. The Bertz CT molecular complexity index is 505. The zero-order valence-electron chi connectivity index (χ0n) is 10.6. The minimum absolute atomic E-state index is 0.0953. The molecule has 1 fully saturated rings. The maximum atomic E-state index is 12.4. The Morgan fingerprint density at radius 2 is 2.26 bits per heavy atom. The molecule has 6 heteroatoms. The molecule has 19 heavy (non-hydrogen) atoms. The summed E-state index contributed by atoms with van der Waals surface area (Å²) in [6, 6.07) is 5.23. The maximum Gasteiger partial charge on any atom is 0.258 e. The molecular weight excluding hydrogens is 312 g/mol. The molecule has 2 rings (SSSR count). The summed E-state index contributed by atoms with van der Waals surface area (Å²) in [5.41, 5.74) is 0.473. The lowest BCUT2D eigenvalue weighted by Crippen LogP contribution is -2.37. The van der Waals surface area contributed by atoms with Gasteiger partial charge in [-0.25, -0.2) is 0 Å². The first-order chi connectivity index (χ1) is 9.11.